The Morgan fingerprint density at radius 1 is 1.29 bits per heavy atom. The van der Waals surface area contributed by atoms with E-state index in [1.54, 1.807) is 13.0 Å². The number of para-hydroxylation sites is 1. The first-order valence-corrected chi connectivity index (χ1v) is 5.68. The summed E-state index contributed by atoms with van der Waals surface area (Å²) in [6.45, 7) is 4.67. The molecule has 0 atom stereocenters. The minimum Gasteiger partial charge on any atom is -0.492 e. The molecule has 0 amide bonds. The van der Waals surface area contributed by atoms with Crippen LogP contribution in [0.4, 0.5) is 0 Å². The van der Waals surface area contributed by atoms with Crippen molar-refractivity contribution in [1.82, 2.24) is 4.98 Å². The van der Waals surface area contributed by atoms with Crippen molar-refractivity contribution < 1.29 is 14.3 Å². The summed E-state index contributed by atoms with van der Waals surface area (Å²) < 4.78 is 10.4. The Morgan fingerprint density at radius 3 is 2.82 bits per heavy atom. The fourth-order valence-corrected chi connectivity index (χ4v) is 1.72. The van der Waals surface area contributed by atoms with E-state index in [9.17, 15) is 4.79 Å². The van der Waals surface area contributed by atoms with Gasteiger partial charge in [-0.1, -0.05) is 12.1 Å². The molecule has 0 unspecified atom stereocenters. The molecule has 0 aliphatic rings. The van der Waals surface area contributed by atoms with Crippen LogP contribution < -0.4 is 4.74 Å². The number of hydrogen-bond donors (Lipinski definition) is 1. The predicted octanol–water partition coefficient (Wildman–Crippen LogP) is 2.74. The van der Waals surface area contributed by atoms with E-state index in [0.717, 1.165) is 16.7 Å². The molecule has 0 spiro atoms. The molecular weight excluding hydrogens is 218 g/mol. The van der Waals surface area contributed by atoms with Gasteiger partial charge in [-0.05, 0) is 26.0 Å². The van der Waals surface area contributed by atoms with Crippen molar-refractivity contribution in [3.8, 4) is 5.75 Å². The summed E-state index contributed by atoms with van der Waals surface area (Å²) >= 11 is 0. The number of aromatic amines is 1. The molecule has 90 valence electrons. The maximum Gasteiger partial charge on any atom is 0.354 e. The van der Waals surface area contributed by atoms with Gasteiger partial charge in [0.1, 0.15) is 11.4 Å². The number of benzene rings is 1. The molecule has 0 radical (unpaired) electrons. The lowest BCUT2D eigenvalue weighted by Crippen LogP contribution is -2.04. The maximum atomic E-state index is 11.6. The normalized spacial score (nSPS) is 10.5. The molecule has 2 aromatic rings. The number of aromatic nitrogens is 1. The molecule has 0 saturated carbocycles. The predicted molar refractivity (Wildman–Crippen MR) is 65.4 cm³/mol. The van der Waals surface area contributed by atoms with Crippen molar-refractivity contribution >= 4 is 16.9 Å². The molecule has 0 fully saturated rings. The van der Waals surface area contributed by atoms with Crippen LogP contribution in [0, 0.1) is 0 Å². The SMILES string of the molecule is CCOC(=O)c1cc2cccc(OCC)c2[nH]1. The summed E-state index contributed by atoms with van der Waals surface area (Å²) in [5.41, 5.74) is 1.28. The quantitative estimate of drug-likeness (QED) is 0.826. The zero-order valence-electron chi connectivity index (χ0n) is 9.95. The molecule has 1 N–H and O–H groups in total. The Hall–Kier alpha value is -1.97. The second-order valence-electron chi connectivity index (χ2n) is 3.56. The van der Waals surface area contributed by atoms with Crippen LogP contribution in [0.1, 0.15) is 24.3 Å². The van der Waals surface area contributed by atoms with Crippen LogP contribution in [0.3, 0.4) is 0 Å². The Morgan fingerprint density at radius 2 is 2.12 bits per heavy atom. The molecular formula is C13H15NO3. The molecule has 17 heavy (non-hydrogen) atoms. The summed E-state index contributed by atoms with van der Waals surface area (Å²) in [6, 6.07) is 7.47. The third-order valence-electron chi connectivity index (χ3n) is 2.41. The molecule has 0 aliphatic carbocycles. The minimum atomic E-state index is -0.342. The number of rotatable bonds is 4. The van der Waals surface area contributed by atoms with E-state index in [1.165, 1.54) is 0 Å². The Bertz CT molecular complexity index is 530. The highest BCUT2D eigenvalue weighted by Crippen LogP contribution is 2.25. The minimum absolute atomic E-state index is 0.342. The lowest BCUT2D eigenvalue weighted by molar-refractivity contribution is 0.0520. The van der Waals surface area contributed by atoms with E-state index in [2.05, 4.69) is 4.98 Å². The molecule has 1 heterocycles. The fraction of sp³-hybridized carbons (Fsp3) is 0.308. The van der Waals surface area contributed by atoms with Crippen LogP contribution in [0.2, 0.25) is 0 Å². The molecule has 4 nitrogen and oxygen atoms in total. The topological polar surface area (TPSA) is 51.3 Å². The van der Waals surface area contributed by atoms with Gasteiger partial charge < -0.3 is 14.5 Å². The molecule has 0 bridgehead atoms. The van der Waals surface area contributed by atoms with Gasteiger partial charge in [0.05, 0.1) is 18.7 Å². The van der Waals surface area contributed by atoms with Gasteiger partial charge in [0.25, 0.3) is 0 Å². The number of esters is 1. The van der Waals surface area contributed by atoms with E-state index in [1.807, 2.05) is 25.1 Å². The average molecular weight is 233 g/mol. The van der Waals surface area contributed by atoms with Gasteiger partial charge in [0, 0.05) is 5.39 Å². The van der Waals surface area contributed by atoms with Crippen LogP contribution >= 0.6 is 0 Å². The van der Waals surface area contributed by atoms with Gasteiger partial charge in [-0.2, -0.15) is 0 Å². The highest BCUT2D eigenvalue weighted by molar-refractivity contribution is 5.96. The van der Waals surface area contributed by atoms with Crippen molar-refractivity contribution in [3.63, 3.8) is 0 Å². The summed E-state index contributed by atoms with van der Waals surface area (Å²) in [6.07, 6.45) is 0. The number of carbonyl (C=O) groups excluding carboxylic acids is 1. The maximum absolute atomic E-state index is 11.6. The highest BCUT2D eigenvalue weighted by atomic mass is 16.5. The zero-order chi connectivity index (χ0) is 12.3. The van der Waals surface area contributed by atoms with E-state index in [4.69, 9.17) is 9.47 Å². The summed E-state index contributed by atoms with van der Waals surface area (Å²) in [7, 11) is 0. The van der Waals surface area contributed by atoms with Gasteiger partial charge in [0.15, 0.2) is 0 Å². The summed E-state index contributed by atoms with van der Waals surface area (Å²) in [4.78, 5) is 14.6. The fourth-order valence-electron chi connectivity index (χ4n) is 1.72. The summed E-state index contributed by atoms with van der Waals surface area (Å²) in [5.74, 6) is 0.409. The average Bonchev–Trinajstić information content (AvgIpc) is 2.75. The van der Waals surface area contributed by atoms with Crippen LogP contribution in [-0.2, 0) is 4.74 Å². The van der Waals surface area contributed by atoms with Crippen molar-refractivity contribution in [2.75, 3.05) is 13.2 Å². The van der Waals surface area contributed by atoms with Crippen LogP contribution in [-0.4, -0.2) is 24.2 Å². The van der Waals surface area contributed by atoms with E-state index in [-0.39, 0.29) is 5.97 Å². The third kappa shape index (κ3) is 2.25. The van der Waals surface area contributed by atoms with Gasteiger partial charge in [0.2, 0.25) is 0 Å². The van der Waals surface area contributed by atoms with Crippen LogP contribution in [0.5, 0.6) is 5.75 Å². The van der Waals surface area contributed by atoms with Crippen molar-refractivity contribution in [2.45, 2.75) is 13.8 Å². The Labute approximate surface area is 99.5 Å². The van der Waals surface area contributed by atoms with Gasteiger partial charge in [-0.15, -0.1) is 0 Å². The molecule has 0 saturated heterocycles. The Kier molecular flexibility index (Phi) is 3.32. The van der Waals surface area contributed by atoms with E-state index < -0.39 is 0 Å². The van der Waals surface area contributed by atoms with Crippen molar-refractivity contribution in [2.24, 2.45) is 0 Å². The number of fused-ring (bicyclic) bond motifs is 1. The van der Waals surface area contributed by atoms with Crippen molar-refractivity contribution in [3.05, 3.63) is 30.0 Å². The number of nitrogens with one attached hydrogen (secondary N) is 1. The zero-order valence-corrected chi connectivity index (χ0v) is 9.95. The molecule has 4 heteroatoms. The third-order valence-corrected chi connectivity index (χ3v) is 2.41. The number of H-pyrrole nitrogens is 1. The summed E-state index contributed by atoms with van der Waals surface area (Å²) in [5, 5.41) is 0.944. The molecule has 1 aromatic heterocycles. The molecule has 2 rings (SSSR count). The first-order valence-electron chi connectivity index (χ1n) is 5.68. The van der Waals surface area contributed by atoms with Crippen LogP contribution in [0.25, 0.3) is 10.9 Å². The first kappa shape index (κ1) is 11.5. The van der Waals surface area contributed by atoms with Crippen molar-refractivity contribution in [1.29, 1.82) is 0 Å². The van der Waals surface area contributed by atoms with E-state index >= 15 is 0 Å². The van der Waals surface area contributed by atoms with Gasteiger partial charge in [-0.25, -0.2) is 4.79 Å². The lowest BCUT2D eigenvalue weighted by Gasteiger charge is -2.03. The second kappa shape index (κ2) is 4.91. The second-order valence-corrected chi connectivity index (χ2v) is 3.56. The number of carbonyl (C=O) groups is 1. The standard InChI is InChI=1S/C13H15NO3/c1-3-16-11-7-5-6-9-8-10(14-12(9)11)13(15)17-4-2/h5-8,14H,3-4H2,1-2H3. The van der Waals surface area contributed by atoms with Crippen LogP contribution in [0.15, 0.2) is 24.3 Å². The molecule has 0 aliphatic heterocycles. The lowest BCUT2D eigenvalue weighted by atomic mass is 10.2. The number of ether oxygens (including phenoxy) is 2. The number of hydrogen-bond acceptors (Lipinski definition) is 3. The van der Waals surface area contributed by atoms with E-state index in [0.29, 0.717) is 18.9 Å². The van der Waals surface area contributed by atoms with Gasteiger partial charge >= 0.3 is 5.97 Å². The largest absolute Gasteiger partial charge is 0.492 e. The molecule has 1 aromatic carbocycles. The monoisotopic (exact) mass is 233 g/mol. The smallest absolute Gasteiger partial charge is 0.354 e. The first-order chi connectivity index (χ1) is 8.26. The Balaban J connectivity index is 2.42. The van der Waals surface area contributed by atoms with Gasteiger partial charge in [-0.3, -0.25) is 0 Å². The highest BCUT2D eigenvalue weighted by Gasteiger charge is 2.12.